The van der Waals surface area contributed by atoms with Crippen LogP contribution in [-0.2, 0) is 13.2 Å². The smallest absolute Gasteiger partial charge is 0.119 e. The van der Waals surface area contributed by atoms with Crippen LogP contribution in [0.15, 0.2) is 47.2 Å². The van der Waals surface area contributed by atoms with Crippen LogP contribution in [0.5, 0.6) is 5.75 Å². The van der Waals surface area contributed by atoms with Crippen LogP contribution in [0.3, 0.4) is 0 Å². The Hall–Kier alpha value is -1.26. The van der Waals surface area contributed by atoms with E-state index in [2.05, 4.69) is 15.9 Å². The molecule has 0 amide bonds. The summed E-state index contributed by atoms with van der Waals surface area (Å²) in [6, 6.07) is 9.67. The molecule has 0 aliphatic rings. The Morgan fingerprint density at radius 3 is 2.59 bits per heavy atom. The molecule has 0 saturated carbocycles. The maximum absolute atomic E-state index is 8.93. The minimum absolute atomic E-state index is 0.0839. The molecule has 0 aliphatic heterocycles. The summed E-state index contributed by atoms with van der Waals surface area (Å²) in [4.78, 5) is 0. The van der Waals surface area contributed by atoms with E-state index in [9.17, 15) is 0 Å². The highest BCUT2D eigenvalue weighted by Gasteiger charge is 1.97. The number of hydrogen-bond acceptors (Lipinski definition) is 2. The Bertz CT molecular complexity index is 465. The van der Waals surface area contributed by atoms with Crippen molar-refractivity contribution in [3.05, 3.63) is 52.8 Å². The fourth-order valence-corrected chi connectivity index (χ4v) is 1.79. The highest BCUT2D eigenvalue weighted by Crippen LogP contribution is 2.16. The molecule has 0 atom stereocenters. The molecule has 0 bridgehead atoms. The molecule has 0 aliphatic carbocycles. The predicted molar refractivity (Wildman–Crippen MR) is 70.0 cm³/mol. The molecule has 1 heterocycles. The second kappa shape index (κ2) is 5.89. The molecule has 1 aromatic heterocycles. The van der Waals surface area contributed by atoms with Crippen LogP contribution in [0.1, 0.15) is 5.56 Å². The average Bonchev–Trinajstić information content (AvgIpc) is 2.80. The van der Waals surface area contributed by atoms with Gasteiger partial charge < -0.3 is 14.4 Å². The molecule has 0 saturated heterocycles. The molecule has 0 unspecified atom stereocenters. The summed E-state index contributed by atoms with van der Waals surface area (Å²) in [5.74, 6) is 0.864. The van der Waals surface area contributed by atoms with Gasteiger partial charge in [-0.1, -0.05) is 15.9 Å². The Morgan fingerprint density at radius 1 is 1.18 bits per heavy atom. The van der Waals surface area contributed by atoms with Gasteiger partial charge in [-0.2, -0.15) is 0 Å². The Labute approximate surface area is 109 Å². The summed E-state index contributed by atoms with van der Waals surface area (Å²) in [5.41, 5.74) is 0.925. The number of hydrogen-bond donors (Lipinski definition) is 1. The summed E-state index contributed by atoms with van der Waals surface area (Å²) in [7, 11) is 0. The maximum Gasteiger partial charge on any atom is 0.119 e. The first-order valence-corrected chi connectivity index (χ1v) is 6.21. The van der Waals surface area contributed by atoms with Crippen molar-refractivity contribution in [2.45, 2.75) is 13.2 Å². The number of halogens is 1. The van der Waals surface area contributed by atoms with E-state index >= 15 is 0 Å². The van der Waals surface area contributed by atoms with Crippen molar-refractivity contribution >= 4 is 15.9 Å². The predicted octanol–water partition coefficient (Wildman–Crippen LogP) is 2.82. The minimum Gasteiger partial charge on any atom is -0.492 e. The highest BCUT2D eigenvalue weighted by molar-refractivity contribution is 9.10. The van der Waals surface area contributed by atoms with Gasteiger partial charge in [-0.3, -0.25) is 0 Å². The van der Waals surface area contributed by atoms with Crippen LogP contribution in [0, 0.1) is 0 Å². The van der Waals surface area contributed by atoms with E-state index < -0.39 is 0 Å². The highest BCUT2D eigenvalue weighted by atomic mass is 79.9. The second-order valence-electron chi connectivity index (χ2n) is 3.72. The van der Waals surface area contributed by atoms with Crippen LogP contribution in [0.4, 0.5) is 0 Å². The number of benzene rings is 1. The van der Waals surface area contributed by atoms with Crippen LogP contribution >= 0.6 is 15.9 Å². The van der Waals surface area contributed by atoms with Crippen LogP contribution in [-0.4, -0.2) is 16.3 Å². The summed E-state index contributed by atoms with van der Waals surface area (Å²) in [5, 5.41) is 8.93. The van der Waals surface area contributed by atoms with Gasteiger partial charge in [0.05, 0.1) is 13.2 Å². The molecule has 2 aromatic rings. The van der Waals surface area contributed by atoms with Gasteiger partial charge in [0.1, 0.15) is 12.4 Å². The number of nitrogens with zero attached hydrogens (tertiary/aromatic N) is 1. The van der Waals surface area contributed by atoms with Crippen molar-refractivity contribution in [2.24, 2.45) is 0 Å². The molecule has 4 heteroatoms. The van der Waals surface area contributed by atoms with Crippen LogP contribution in [0.25, 0.3) is 0 Å². The molecule has 0 spiro atoms. The van der Waals surface area contributed by atoms with Gasteiger partial charge in [0.2, 0.25) is 0 Å². The molecule has 2 rings (SSSR count). The fourth-order valence-electron chi connectivity index (χ4n) is 1.52. The lowest BCUT2D eigenvalue weighted by Gasteiger charge is -2.06. The molecule has 90 valence electrons. The molecule has 3 nitrogen and oxygen atoms in total. The SMILES string of the molecule is OCc1ccn(CCOc2ccc(Br)cc2)c1. The van der Waals surface area contributed by atoms with Crippen molar-refractivity contribution in [1.82, 2.24) is 4.57 Å². The summed E-state index contributed by atoms with van der Waals surface area (Å²) < 4.78 is 8.65. The molecule has 1 N–H and O–H groups in total. The van der Waals surface area contributed by atoms with Gasteiger partial charge in [0.15, 0.2) is 0 Å². The molecular formula is C13H14BrNO2. The third-order valence-electron chi connectivity index (χ3n) is 2.43. The first-order chi connectivity index (χ1) is 8.28. The van der Waals surface area contributed by atoms with Crippen molar-refractivity contribution in [2.75, 3.05) is 6.61 Å². The van der Waals surface area contributed by atoms with Crippen molar-refractivity contribution in [3.63, 3.8) is 0 Å². The van der Waals surface area contributed by atoms with Crippen molar-refractivity contribution in [1.29, 1.82) is 0 Å². The minimum atomic E-state index is 0.0839. The number of aliphatic hydroxyl groups excluding tert-OH is 1. The summed E-state index contributed by atoms with van der Waals surface area (Å²) >= 11 is 3.38. The molecular weight excluding hydrogens is 282 g/mol. The number of aliphatic hydroxyl groups is 1. The van der Waals surface area contributed by atoms with Gasteiger partial charge in [0.25, 0.3) is 0 Å². The van der Waals surface area contributed by atoms with Gasteiger partial charge >= 0.3 is 0 Å². The largest absolute Gasteiger partial charge is 0.492 e. The van der Waals surface area contributed by atoms with Crippen molar-refractivity contribution < 1.29 is 9.84 Å². The Kier molecular flexibility index (Phi) is 4.23. The van der Waals surface area contributed by atoms with Crippen LogP contribution < -0.4 is 4.74 Å². The maximum atomic E-state index is 8.93. The lowest BCUT2D eigenvalue weighted by molar-refractivity contribution is 0.280. The van der Waals surface area contributed by atoms with Gasteiger partial charge in [-0.15, -0.1) is 0 Å². The lowest BCUT2D eigenvalue weighted by atomic mass is 10.3. The van der Waals surface area contributed by atoms with E-state index in [0.29, 0.717) is 6.61 Å². The number of ether oxygens (including phenoxy) is 1. The van der Waals surface area contributed by atoms with E-state index in [1.807, 2.05) is 47.3 Å². The molecule has 17 heavy (non-hydrogen) atoms. The molecule has 0 radical (unpaired) electrons. The summed E-state index contributed by atoms with van der Waals surface area (Å²) in [6.45, 7) is 1.47. The van der Waals surface area contributed by atoms with Gasteiger partial charge in [-0.25, -0.2) is 0 Å². The zero-order valence-electron chi connectivity index (χ0n) is 9.34. The lowest BCUT2D eigenvalue weighted by Crippen LogP contribution is -2.06. The third kappa shape index (κ3) is 3.61. The Morgan fingerprint density at radius 2 is 1.94 bits per heavy atom. The molecule has 0 fully saturated rings. The molecule has 1 aromatic carbocycles. The van der Waals surface area contributed by atoms with Gasteiger partial charge in [-0.05, 0) is 35.9 Å². The van der Waals surface area contributed by atoms with Gasteiger partial charge in [0, 0.05) is 16.9 Å². The standard InChI is InChI=1S/C13H14BrNO2/c14-12-1-3-13(4-2-12)17-8-7-15-6-5-11(9-15)10-16/h1-6,9,16H,7-8,10H2. The van der Waals surface area contributed by atoms with Crippen molar-refractivity contribution in [3.8, 4) is 5.75 Å². The zero-order chi connectivity index (χ0) is 12.1. The summed E-state index contributed by atoms with van der Waals surface area (Å²) in [6.07, 6.45) is 3.86. The first kappa shape index (κ1) is 12.2. The number of aromatic nitrogens is 1. The second-order valence-corrected chi connectivity index (χ2v) is 4.63. The normalized spacial score (nSPS) is 10.5. The zero-order valence-corrected chi connectivity index (χ0v) is 10.9. The average molecular weight is 296 g/mol. The van der Waals surface area contributed by atoms with Crippen LogP contribution in [0.2, 0.25) is 0 Å². The third-order valence-corrected chi connectivity index (χ3v) is 2.95. The van der Waals surface area contributed by atoms with E-state index in [4.69, 9.17) is 9.84 Å². The topological polar surface area (TPSA) is 34.4 Å². The van der Waals surface area contributed by atoms with E-state index in [1.165, 1.54) is 0 Å². The Balaban J connectivity index is 1.81. The van der Waals surface area contributed by atoms with E-state index in [0.717, 1.165) is 22.3 Å². The fraction of sp³-hybridized carbons (Fsp3) is 0.231. The van der Waals surface area contributed by atoms with E-state index in [-0.39, 0.29) is 6.61 Å². The van der Waals surface area contributed by atoms with E-state index in [1.54, 1.807) is 0 Å². The quantitative estimate of drug-likeness (QED) is 0.920. The number of rotatable bonds is 5. The first-order valence-electron chi connectivity index (χ1n) is 5.42. The monoisotopic (exact) mass is 295 g/mol.